The Morgan fingerprint density at radius 3 is 2.33 bits per heavy atom. The van der Waals surface area contributed by atoms with Crippen molar-refractivity contribution >= 4 is 17.6 Å². The van der Waals surface area contributed by atoms with Crippen LogP contribution in [0.25, 0.3) is 0 Å². The maximum absolute atomic E-state index is 12.6. The van der Waals surface area contributed by atoms with Crippen LogP contribution in [-0.4, -0.2) is 66.9 Å². The Morgan fingerprint density at radius 1 is 1.17 bits per heavy atom. The van der Waals surface area contributed by atoms with Gasteiger partial charge in [0.05, 0.1) is 0 Å². The van der Waals surface area contributed by atoms with E-state index in [9.17, 15) is 18.0 Å². The van der Waals surface area contributed by atoms with Crippen molar-refractivity contribution in [3.05, 3.63) is 29.8 Å². The van der Waals surface area contributed by atoms with Crippen LogP contribution in [0.5, 0.6) is 0 Å². The van der Waals surface area contributed by atoms with Gasteiger partial charge < -0.3 is 14.7 Å². The Bertz CT molecular complexity index is 763. The van der Waals surface area contributed by atoms with Crippen LogP contribution in [0.4, 0.5) is 18.9 Å². The van der Waals surface area contributed by atoms with Crippen LogP contribution in [-0.2, 0) is 14.3 Å². The quantitative estimate of drug-likeness (QED) is 0.783. The number of carboxylic acid groups (broad SMARTS) is 1. The molecule has 0 aliphatic carbocycles. The number of aliphatic carboxylic acids is 1. The summed E-state index contributed by atoms with van der Waals surface area (Å²) < 4.78 is 37.2. The number of nitrogens with zero attached hydrogens (tertiary/aromatic N) is 2. The molecule has 1 unspecified atom stereocenters. The fourth-order valence-corrected chi connectivity index (χ4v) is 4.46. The van der Waals surface area contributed by atoms with Crippen LogP contribution in [0, 0.1) is 12.3 Å². The van der Waals surface area contributed by atoms with E-state index < -0.39 is 12.1 Å². The maximum atomic E-state index is 12.6. The van der Waals surface area contributed by atoms with E-state index in [2.05, 4.69) is 36.1 Å². The topological polar surface area (TPSA) is 70.1 Å². The van der Waals surface area contributed by atoms with Gasteiger partial charge in [-0.3, -0.25) is 9.69 Å². The van der Waals surface area contributed by atoms with Gasteiger partial charge in [0.15, 0.2) is 0 Å². The standard InChI is InChI=1S/C19H26N2O2.C2HF3O2/c1-15-2-4-17(5-3-15)21-14-19(12-18(21)22)8-9-20(13-19)16-6-10-23-11-7-16;3-2(4,5)1(6)7/h2-5,16H,6-14H2,1H3;(H,6,7). The first-order valence-corrected chi connectivity index (χ1v) is 10.1. The van der Waals surface area contributed by atoms with Crippen molar-refractivity contribution in [1.29, 1.82) is 0 Å². The summed E-state index contributed by atoms with van der Waals surface area (Å²) in [5.74, 6) is -2.46. The zero-order valence-electron chi connectivity index (χ0n) is 17.0. The smallest absolute Gasteiger partial charge is 0.475 e. The average Bonchev–Trinajstić information content (AvgIpc) is 3.26. The van der Waals surface area contributed by atoms with Crippen molar-refractivity contribution < 1.29 is 32.6 Å². The first-order valence-electron chi connectivity index (χ1n) is 10.1. The summed E-state index contributed by atoms with van der Waals surface area (Å²) in [6, 6.07) is 9.01. The van der Waals surface area contributed by atoms with Crippen molar-refractivity contribution in [3.63, 3.8) is 0 Å². The first kappa shape index (κ1) is 22.6. The average molecular weight is 428 g/mol. The van der Waals surface area contributed by atoms with E-state index in [4.69, 9.17) is 14.6 Å². The highest BCUT2D eigenvalue weighted by atomic mass is 19.4. The Balaban J connectivity index is 0.000000318. The van der Waals surface area contributed by atoms with Gasteiger partial charge in [0.25, 0.3) is 0 Å². The van der Waals surface area contributed by atoms with E-state index in [1.54, 1.807) is 0 Å². The van der Waals surface area contributed by atoms with Crippen LogP contribution < -0.4 is 4.90 Å². The minimum Gasteiger partial charge on any atom is -0.475 e. The minimum atomic E-state index is -5.08. The molecule has 0 radical (unpaired) electrons. The highest BCUT2D eigenvalue weighted by Crippen LogP contribution is 2.43. The second kappa shape index (κ2) is 8.93. The van der Waals surface area contributed by atoms with Crippen molar-refractivity contribution in [2.45, 2.75) is 44.8 Å². The van der Waals surface area contributed by atoms with Crippen LogP contribution >= 0.6 is 0 Å². The third-order valence-corrected chi connectivity index (χ3v) is 6.08. The summed E-state index contributed by atoms with van der Waals surface area (Å²) in [4.78, 5) is 26.1. The largest absolute Gasteiger partial charge is 0.490 e. The number of hydrogen-bond acceptors (Lipinski definition) is 4. The number of hydrogen-bond donors (Lipinski definition) is 1. The second-order valence-corrected chi connectivity index (χ2v) is 8.36. The summed E-state index contributed by atoms with van der Waals surface area (Å²) in [6.07, 6.45) is -0.934. The van der Waals surface area contributed by atoms with Gasteiger partial charge in [0.2, 0.25) is 5.91 Å². The molecule has 3 fully saturated rings. The number of carbonyl (C=O) groups is 2. The van der Waals surface area contributed by atoms with Crippen LogP contribution in [0.2, 0.25) is 0 Å². The van der Waals surface area contributed by atoms with Crippen LogP contribution in [0.3, 0.4) is 0 Å². The molecule has 1 atom stereocenters. The molecule has 4 rings (SSSR count). The molecule has 3 saturated heterocycles. The van der Waals surface area contributed by atoms with Crippen molar-refractivity contribution in [1.82, 2.24) is 4.90 Å². The van der Waals surface area contributed by atoms with E-state index >= 15 is 0 Å². The molecule has 0 bridgehead atoms. The second-order valence-electron chi connectivity index (χ2n) is 8.36. The molecule has 6 nitrogen and oxygen atoms in total. The van der Waals surface area contributed by atoms with Gasteiger partial charge in [-0.05, 0) is 44.9 Å². The molecule has 1 spiro atoms. The van der Waals surface area contributed by atoms with Gasteiger partial charge in [-0.15, -0.1) is 0 Å². The number of aryl methyl sites for hydroxylation is 1. The molecule has 0 saturated carbocycles. The number of alkyl halides is 3. The molecule has 3 aliphatic heterocycles. The number of likely N-dealkylation sites (tertiary alicyclic amines) is 1. The van der Waals surface area contributed by atoms with Gasteiger partial charge in [0.1, 0.15) is 0 Å². The van der Waals surface area contributed by atoms with E-state index in [1.807, 2.05) is 4.90 Å². The summed E-state index contributed by atoms with van der Waals surface area (Å²) in [5, 5.41) is 7.12. The molecular weight excluding hydrogens is 401 g/mol. The van der Waals surface area contributed by atoms with Crippen LogP contribution in [0.1, 0.15) is 31.2 Å². The molecular formula is C21H27F3N2O4. The van der Waals surface area contributed by atoms with Crippen molar-refractivity contribution in [2.75, 3.05) is 37.7 Å². The zero-order chi connectivity index (χ0) is 21.9. The molecule has 1 N–H and O–H groups in total. The lowest BCUT2D eigenvalue weighted by Crippen LogP contribution is -2.40. The number of amides is 1. The molecule has 3 aliphatic rings. The molecule has 0 aromatic heterocycles. The molecule has 30 heavy (non-hydrogen) atoms. The molecule has 3 heterocycles. The number of carbonyl (C=O) groups excluding carboxylic acids is 1. The monoisotopic (exact) mass is 428 g/mol. The van der Waals surface area contributed by atoms with Crippen LogP contribution in [0.15, 0.2) is 24.3 Å². The van der Waals surface area contributed by atoms with E-state index in [-0.39, 0.29) is 5.41 Å². The highest BCUT2D eigenvalue weighted by molar-refractivity contribution is 5.96. The normalized spacial score (nSPS) is 25.5. The van der Waals surface area contributed by atoms with Gasteiger partial charge >= 0.3 is 12.1 Å². The number of ether oxygens (including phenoxy) is 1. The number of anilines is 1. The van der Waals surface area contributed by atoms with Gasteiger partial charge in [0, 0.05) is 49.9 Å². The number of halogens is 3. The number of carboxylic acids is 1. The molecule has 9 heteroatoms. The van der Waals surface area contributed by atoms with Gasteiger partial charge in [-0.1, -0.05) is 17.7 Å². The zero-order valence-corrected chi connectivity index (χ0v) is 17.0. The summed E-state index contributed by atoms with van der Waals surface area (Å²) in [7, 11) is 0. The summed E-state index contributed by atoms with van der Waals surface area (Å²) >= 11 is 0. The molecule has 1 amide bonds. The summed E-state index contributed by atoms with van der Waals surface area (Å²) in [6.45, 7) is 6.96. The minimum absolute atomic E-state index is 0.167. The lowest BCUT2D eigenvalue weighted by molar-refractivity contribution is -0.192. The van der Waals surface area contributed by atoms with Gasteiger partial charge in [-0.25, -0.2) is 4.79 Å². The van der Waals surface area contributed by atoms with Crippen molar-refractivity contribution in [2.24, 2.45) is 5.41 Å². The molecule has 1 aromatic rings. The fourth-order valence-electron chi connectivity index (χ4n) is 4.46. The fraction of sp³-hybridized carbons (Fsp3) is 0.619. The highest BCUT2D eigenvalue weighted by Gasteiger charge is 2.48. The first-order chi connectivity index (χ1) is 14.1. The van der Waals surface area contributed by atoms with E-state index in [1.165, 1.54) is 5.56 Å². The maximum Gasteiger partial charge on any atom is 0.490 e. The Labute approximate surface area is 173 Å². The SMILES string of the molecule is Cc1ccc(N2CC3(CCN(C4CCOCC4)C3)CC2=O)cc1.O=C(O)C(F)(F)F. The van der Waals surface area contributed by atoms with E-state index in [0.717, 1.165) is 57.8 Å². The third kappa shape index (κ3) is 5.31. The van der Waals surface area contributed by atoms with E-state index in [0.29, 0.717) is 18.4 Å². The summed E-state index contributed by atoms with van der Waals surface area (Å²) in [5.41, 5.74) is 2.46. The lowest BCUT2D eigenvalue weighted by Gasteiger charge is -2.32. The predicted octanol–water partition coefficient (Wildman–Crippen LogP) is 3.24. The van der Waals surface area contributed by atoms with Gasteiger partial charge in [-0.2, -0.15) is 13.2 Å². The van der Waals surface area contributed by atoms with Crippen molar-refractivity contribution in [3.8, 4) is 0 Å². The Kier molecular flexibility index (Phi) is 6.71. The number of benzene rings is 1. The lowest BCUT2D eigenvalue weighted by atomic mass is 9.86. The Hall–Kier alpha value is -2.13. The number of rotatable bonds is 2. The molecule has 166 valence electrons. The Morgan fingerprint density at radius 2 is 1.77 bits per heavy atom. The molecule has 1 aromatic carbocycles. The third-order valence-electron chi connectivity index (χ3n) is 6.08. The predicted molar refractivity (Wildman–Crippen MR) is 104 cm³/mol.